The van der Waals surface area contributed by atoms with Gasteiger partial charge in [0, 0.05) is 34.4 Å². The molecule has 0 fully saturated rings. The molecule has 2 aliphatic rings. The largest absolute Gasteiger partial charge is 0.543 e. The number of phenols is 2. The van der Waals surface area contributed by atoms with Crippen LogP contribution in [0.15, 0.2) is 48.5 Å². The van der Waals surface area contributed by atoms with Crippen molar-refractivity contribution in [3.05, 3.63) is 81.9 Å². The fourth-order valence-corrected chi connectivity index (χ4v) is 8.65. The number of benzene rings is 4. The Kier molecular flexibility index (Phi) is 10.2. The van der Waals surface area contributed by atoms with Crippen LogP contribution in [0.5, 0.6) is 34.5 Å². The first kappa shape index (κ1) is 41.3. The molecule has 0 unspecified atom stereocenters. The highest BCUT2D eigenvalue weighted by molar-refractivity contribution is 6.75. The van der Waals surface area contributed by atoms with E-state index in [4.69, 9.17) is 18.3 Å². The first-order valence-corrected chi connectivity index (χ1v) is 25.0. The molecule has 0 amide bonds. The quantitative estimate of drug-likeness (QED) is 0.201. The summed E-state index contributed by atoms with van der Waals surface area (Å²) in [7, 11) is -3.90. The summed E-state index contributed by atoms with van der Waals surface area (Å²) in [6, 6.07) is 16.2. The third-order valence-corrected chi connectivity index (χ3v) is 20.9. The van der Waals surface area contributed by atoms with Gasteiger partial charge in [-0.2, -0.15) is 0 Å². The van der Waals surface area contributed by atoms with Crippen LogP contribution in [0.4, 0.5) is 0 Å². The lowest BCUT2D eigenvalue weighted by Gasteiger charge is -2.40. The topological polar surface area (TPSA) is 77.4 Å². The van der Waals surface area contributed by atoms with Gasteiger partial charge in [-0.1, -0.05) is 41.5 Å². The number of ether oxygens (including phenoxy) is 2. The first-order chi connectivity index (χ1) is 24.5. The van der Waals surface area contributed by atoms with Crippen LogP contribution < -0.4 is 18.3 Å². The molecule has 6 nitrogen and oxygen atoms in total. The molecule has 6 rings (SSSR count). The molecule has 0 radical (unpaired) electrons. The van der Waals surface area contributed by atoms with Crippen molar-refractivity contribution in [2.24, 2.45) is 0 Å². The molecule has 0 saturated carbocycles. The Labute approximate surface area is 327 Å². The van der Waals surface area contributed by atoms with Crippen LogP contribution in [0.3, 0.4) is 0 Å². The Hall–Kier alpha value is -3.89. The number of rotatable bonds is 4. The van der Waals surface area contributed by atoms with Gasteiger partial charge < -0.3 is 28.5 Å². The van der Waals surface area contributed by atoms with E-state index in [1.165, 1.54) is 16.7 Å². The Morgan fingerprint density at radius 1 is 0.481 bits per heavy atom. The van der Waals surface area contributed by atoms with Crippen LogP contribution >= 0.6 is 0 Å². The smallest absolute Gasteiger partial charge is 0.250 e. The van der Waals surface area contributed by atoms with Crippen LogP contribution in [-0.4, -0.2) is 26.8 Å². The van der Waals surface area contributed by atoms with Crippen molar-refractivity contribution in [3.8, 4) is 56.8 Å². The zero-order valence-electron chi connectivity index (χ0n) is 36.1. The fourth-order valence-electron chi connectivity index (χ4n) is 6.50. The average Bonchev–Trinajstić information content (AvgIpc) is 3.00. The third kappa shape index (κ3) is 7.66. The van der Waals surface area contributed by atoms with E-state index in [1.807, 2.05) is 39.8 Å². The van der Waals surface area contributed by atoms with Crippen molar-refractivity contribution >= 4 is 16.6 Å². The second-order valence-electron chi connectivity index (χ2n) is 19.5. The zero-order chi connectivity index (χ0) is 40.7. The molecule has 2 heterocycles. The van der Waals surface area contributed by atoms with Crippen molar-refractivity contribution in [1.29, 1.82) is 0 Å². The Bertz CT molecular complexity index is 2110. The number of hydrogen-bond donors (Lipinski definition) is 2. The van der Waals surface area contributed by atoms with Gasteiger partial charge >= 0.3 is 0 Å². The molecule has 0 atom stereocenters. The summed E-state index contributed by atoms with van der Waals surface area (Å²) >= 11 is 0. The fraction of sp³-hybridized carbons (Fsp3) is 0.478. The molecule has 54 heavy (non-hydrogen) atoms. The summed E-state index contributed by atoms with van der Waals surface area (Å²) in [5.74, 6) is 4.02. The van der Waals surface area contributed by atoms with Crippen molar-refractivity contribution in [1.82, 2.24) is 0 Å². The van der Waals surface area contributed by atoms with Gasteiger partial charge in [-0.05, 0) is 161 Å². The van der Waals surface area contributed by atoms with Crippen LogP contribution in [0, 0.1) is 27.7 Å². The minimum Gasteiger partial charge on any atom is -0.543 e. The van der Waals surface area contributed by atoms with E-state index in [9.17, 15) is 10.2 Å². The summed E-state index contributed by atoms with van der Waals surface area (Å²) in [6.45, 7) is 39.1. The highest BCUT2D eigenvalue weighted by Crippen LogP contribution is 2.51. The van der Waals surface area contributed by atoms with Crippen LogP contribution in [-0.2, 0) is 11.2 Å². The lowest BCUT2D eigenvalue weighted by molar-refractivity contribution is 0.105. The van der Waals surface area contributed by atoms with E-state index in [2.05, 4.69) is 120 Å². The standard InChI is InChI=1S/C29H46O3Si2.C17H18O3/c1-19-15-21-22-16-20(2)25(32-34(13,14)28(6,7)8)18-26(22)30-29(9,10)23(21)17-24(19)31-33(11,12)27(3,4)5;1-9-5-11-12-6-10(2)15(19)8-16(12)20-17(3,4)13(11)7-14(9)18/h15-18H,1-14H3;5-8,18-19H,1-4H3. The predicted molar refractivity (Wildman–Crippen MR) is 229 cm³/mol. The van der Waals surface area contributed by atoms with Gasteiger partial charge in [-0.25, -0.2) is 0 Å². The maximum Gasteiger partial charge on any atom is 0.250 e. The van der Waals surface area contributed by atoms with E-state index in [1.54, 1.807) is 12.1 Å². The van der Waals surface area contributed by atoms with Crippen molar-refractivity contribution < 1.29 is 28.5 Å². The molecule has 0 aliphatic carbocycles. The average molecular weight is 769 g/mol. The van der Waals surface area contributed by atoms with Gasteiger partial charge in [0.1, 0.15) is 45.7 Å². The van der Waals surface area contributed by atoms with Gasteiger partial charge in [0.15, 0.2) is 0 Å². The molecule has 8 heteroatoms. The highest BCUT2D eigenvalue weighted by Gasteiger charge is 2.42. The summed E-state index contributed by atoms with van der Waals surface area (Å²) in [5.41, 5.74) is 9.46. The zero-order valence-corrected chi connectivity index (χ0v) is 38.1. The molecule has 0 bridgehead atoms. The molecule has 0 spiro atoms. The lowest BCUT2D eigenvalue weighted by Crippen LogP contribution is -2.44. The molecular weight excluding hydrogens is 705 g/mol. The maximum atomic E-state index is 9.96. The number of aromatic hydroxyl groups is 2. The molecule has 4 aromatic carbocycles. The molecule has 2 aliphatic heterocycles. The number of phenolic OH excluding ortho intramolecular Hbond substituents is 2. The molecule has 4 aromatic rings. The van der Waals surface area contributed by atoms with Crippen LogP contribution in [0.25, 0.3) is 22.3 Å². The van der Waals surface area contributed by atoms with Gasteiger partial charge in [-0.15, -0.1) is 0 Å². The first-order valence-electron chi connectivity index (χ1n) is 19.2. The maximum absolute atomic E-state index is 9.96. The van der Waals surface area contributed by atoms with Gasteiger partial charge in [0.05, 0.1) is 0 Å². The second kappa shape index (κ2) is 13.4. The Balaban J connectivity index is 0.000000237. The SMILES string of the molecule is Cc1cc2c(cc1O)OC(C)(C)c1cc(O)c(C)cc1-2.Cc1cc2c(cc1O[Si](C)(C)C(C)(C)C)OC(C)(C)c1cc(O[Si](C)(C)C(C)(C)C)c(C)cc1-2. The van der Waals surface area contributed by atoms with E-state index >= 15 is 0 Å². The van der Waals surface area contributed by atoms with Crippen molar-refractivity contribution in [2.75, 3.05) is 0 Å². The van der Waals surface area contributed by atoms with Crippen LogP contribution in [0.1, 0.15) is 103 Å². The lowest BCUT2D eigenvalue weighted by atomic mass is 9.84. The normalized spacial score (nSPS) is 15.6. The van der Waals surface area contributed by atoms with Gasteiger partial charge in [0.2, 0.25) is 16.6 Å². The van der Waals surface area contributed by atoms with E-state index in [0.717, 1.165) is 56.2 Å². The predicted octanol–water partition coefficient (Wildman–Crippen LogP) is 13.4. The van der Waals surface area contributed by atoms with Crippen molar-refractivity contribution in [3.63, 3.8) is 0 Å². The minimum atomic E-state index is -1.95. The van der Waals surface area contributed by atoms with Gasteiger partial charge in [-0.3, -0.25) is 0 Å². The molecule has 292 valence electrons. The summed E-state index contributed by atoms with van der Waals surface area (Å²) in [5, 5.41) is 20.1. The molecular formula is C46H64O6Si2. The highest BCUT2D eigenvalue weighted by atomic mass is 28.4. The Morgan fingerprint density at radius 2 is 0.815 bits per heavy atom. The van der Waals surface area contributed by atoms with E-state index < -0.39 is 27.8 Å². The Morgan fingerprint density at radius 3 is 1.26 bits per heavy atom. The molecule has 0 aromatic heterocycles. The number of hydrogen-bond acceptors (Lipinski definition) is 6. The molecule has 2 N–H and O–H groups in total. The second-order valence-corrected chi connectivity index (χ2v) is 29.0. The monoisotopic (exact) mass is 768 g/mol. The third-order valence-electron chi connectivity index (χ3n) is 12.2. The summed E-state index contributed by atoms with van der Waals surface area (Å²) in [4.78, 5) is 0. The minimum absolute atomic E-state index is 0.139. The van der Waals surface area contributed by atoms with Crippen LogP contribution in [0.2, 0.25) is 36.3 Å². The van der Waals surface area contributed by atoms with Gasteiger partial charge in [0.25, 0.3) is 0 Å². The van der Waals surface area contributed by atoms with E-state index in [-0.39, 0.29) is 21.6 Å². The number of aryl methyl sites for hydroxylation is 4. The summed E-state index contributed by atoms with van der Waals surface area (Å²) < 4.78 is 26.1. The van der Waals surface area contributed by atoms with Crippen molar-refractivity contribution in [2.45, 2.75) is 144 Å². The number of fused-ring (bicyclic) bond motifs is 6. The summed E-state index contributed by atoms with van der Waals surface area (Å²) in [6.07, 6.45) is 0. The van der Waals surface area contributed by atoms with E-state index in [0.29, 0.717) is 5.75 Å². The molecule has 0 saturated heterocycles.